The zero-order valence-corrected chi connectivity index (χ0v) is 10.7. The topological polar surface area (TPSA) is 0 Å². The lowest BCUT2D eigenvalue weighted by Crippen LogP contribution is -2.01. The minimum atomic E-state index is 0.678. The molecular weight excluding hydrogens is 180 g/mol. The molecule has 0 aliphatic carbocycles. The Morgan fingerprint density at radius 3 is 2.07 bits per heavy atom. The minimum absolute atomic E-state index is 0.678. The molecule has 0 rings (SSSR count). The molecule has 0 aromatic rings. The van der Waals surface area contributed by atoms with Gasteiger partial charge in [-0.2, -0.15) is 0 Å². The molecule has 0 heterocycles. The molecule has 0 saturated carbocycles. The highest BCUT2D eigenvalue weighted by Gasteiger charge is 2.08. The quantitative estimate of drug-likeness (QED) is 0.474. The summed E-state index contributed by atoms with van der Waals surface area (Å²) in [5.74, 6) is 0.678. The SMILES string of the molecule is C=C(C)CC(=C)CCC(CCC)C(=C)C. The zero-order chi connectivity index (χ0) is 11.8. The molecule has 0 radical (unpaired) electrons. The molecule has 15 heavy (non-hydrogen) atoms. The number of hydrogen-bond donors (Lipinski definition) is 0. The van der Waals surface area contributed by atoms with Gasteiger partial charge >= 0.3 is 0 Å². The molecule has 0 aliphatic heterocycles. The van der Waals surface area contributed by atoms with Gasteiger partial charge in [-0.15, -0.1) is 0 Å². The van der Waals surface area contributed by atoms with Crippen LogP contribution in [0.4, 0.5) is 0 Å². The van der Waals surface area contributed by atoms with E-state index in [2.05, 4.69) is 40.5 Å². The Kier molecular flexibility index (Phi) is 7.11. The lowest BCUT2D eigenvalue weighted by atomic mass is 9.89. The lowest BCUT2D eigenvalue weighted by molar-refractivity contribution is 0.509. The van der Waals surface area contributed by atoms with E-state index in [-0.39, 0.29) is 0 Å². The number of hydrogen-bond acceptors (Lipinski definition) is 0. The van der Waals surface area contributed by atoms with Gasteiger partial charge in [0.1, 0.15) is 0 Å². The Morgan fingerprint density at radius 1 is 1.07 bits per heavy atom. The maximum Gasteiger partial charge on any atom is -0.0117 e. The average Bonchev–Trinajstić information content (AvgIpc) is 2.10. The van der Waals surface area contributed by atoms with Crippen molar-refractivity contribution in [3.63, 3.8) is 0 Å². The summed E-state index contributed by atoms with van der Waals surface area (Å²) >= 11 is 0. The molecule has 0 aliphatic rings. The molecule has 0 fully saturated rings. The second-order valence-electron chi connectivity index (χ2n) is 4.75. The Bertz CT molecular complexity index is 232. The first-order valence-electron chi connectivity index (χ1n) is 5.93. The van der Waals surface area contributed by atoms with E-state index in [9.17, 15) is 0 Å². The Morgan fingerprint density at radius 2 is 1.67 bits per heavy atom. The number of allylic oxidation sites excluding steroid dienone is 3. The standard InChI is InChI=1S/C15H26/c1-7-8-15(13(4)5)10-9-14(6)11-12(2)3/h15H,2,4,6-11H2,1,3,5H3. The van der Waals surface area contributed by atoms with Crippen molar-refractivity contribution < 1.29 is 0 Å². The monoisotopic (exact) mass is 206 g/mol. The van der Waals surface area contributed by atoms with E-state index < -0.39 is 0 Å². The molecule has 1 unspecified atom stereocenters. The van der Waals surface area contributed by atoms with Gasteiger partial charge in [-0.25, -0.2) is 0 Å². The van der Waals surface area contributed by atoms with Crippen LogP contribution < -0.4 is 0 Å². The molecule has 0 N–H and O–H groups in total. The fourth-order valence-electron chi connectivity index (χ4n) is 1.88. The van der Waals surface area contributed by atoms with Crippen molar-refractivity contribution in [1.29, 1.82) is 0 Å². The summed E-state index contributed by atoms with van der Waals surface area (Å²) in [5.41, 5.74) is 3.84. The van der Waals surface area contributed by atoms with Crippen molar-refractivity contribution in [1.82, 2.24) is 0 Å². The third-order valence-electron chi connectivity index (χ3n) is 2.73. The Balaban J connectivity index is 3.93. The van der Waals surface area contributed by atoms with Crippen LogP contribution in [0.2, 0.25) is 0 Å². The summed E-state index contributed by atoms with van der Waals surface area (Å²) in [6.45, 7) is 18.5. The molecule has 0 aromatic carbocycles. The van der Waals surface area contributed by atoms with Gasteiger partial charge in [0.05, 0.1) is 0 Å². The lowest BCUT2D eigenvalue weighted by Gasteiger charge is -2.16. The fourth-order valence-corrected chi connectivity index (χ4v) is 1.88. The van der Waals surface area contributed by atoms with Gasteiger partial charge in [0.2, 0.25) is 0 Å². The first-order chi connectivity index (χ1) is 6.97. The van der Waals surface area contributed by atoms with Gasteiger partial charge in [-0.05, 0) is 45.4 Å². The molecule has 0 heteroatoms. The number of rotatable bonds is 8. The maximum absolute atomic E-state index is 4.10. The predicted molar refractivity (Wildman–Crippen MR) is 71.0 cm³/mol. The summed E-state index contributed by atoms with van der Waals surface area (Å²) in [6.07, 6.45) is 5.80. The smallest absolute Gasteiger partial charge is 0.0117 e. The summed E-state index contributed by atoms with van der Waals surface area (Å²) in [7, 11) is 0. The summed E-state index contributed by atoms with van der Waals surface area (Å²) < 4.78 is 0. The molecule has 86 valence electrons. The molecular formula is C15H26. The molecule has 0 nitrogen and oxygen atoms in total. The van der Waals surface area contributed by atoms with E-state index in [1.807, 2.05) is 0 Å². The first-order valence-corrected chi connectivity index (χ1v) is 5.93. The van der Waals surface area contributed by atoms with Crippen LogP contribution in [-0.2, 0) is 0 Å². The van der Waals surface area contributed by atoms with Crippen LogP contribution in [0.5, 0.6) is 0 Å². The third-order valence-corrected chi connectivity index (χ3v) is 2.73. The third kappa shape index (κ3) is 7.18. The van der Waals surface area contributed by atoms with E-state index in [0.29, 0.717) is 5.92 Å². The normalized spacial score (nSPS) is 12.2. The van der Waals surface area contributed by atoms with Gasteiger partial charge < -0.3 is 0 Å². The fraction of sp³-hybridized carbons (Fsp3) is 0.600. The molecule has 0 amide bonds. The minimum Gasteiger partial charge on any atom is -0.0999 e. The largest absolute Gasteiger partial charge is 0.0999 e. The summed E-state index contributed by atoms with van der Waals surface area (Å²) in [6, 6.07) is 0. The van der Waals surface area contributed by atoms with E-state index in [4.69, 9.17) is 0 Å². The van der Waals surface area contributed by atoms with Crippen molar-refractivity contribution >= 4 is 0 Å². The van der Waals surface area contributed by atoms with Gasteiger partial charge in [-0.1, -0.05) is 49.8 Å². The Hall–Kier alpha value is -0.780. The summed E-state index contributed by atoms with van der Waals surface area (Å²) in [4.78, 5) is 0. The van der Waals surface area contributed by atoms with Crippen molar-refractivity contribution in [3.05, 3.63) is 36.5 Å². The van der Waals surface area contributed by atoms with Crippen LogP contribution in [-0.4, -0.2) is 0 Å². The van der Waals surface area contributed by atoms with Crippen molar-refractivity contribution in [2.24, 2.45) is 5.92 Å². The van der Waals surface area contributed by atoms with Gasteiger partial charge in [-0.3, -0.25) is 0 Å². The molecule has 0 bridgehead atoms. The van der Waals surface area contributed by atoms with E-state index in [1.54, 1.807) is 0 Å². The predicted octanol–water partition coefficient (Wildman–Crippen LogP) is 5.28. The van der Waals surface area contributed by atoms with Gasteiger partial charge in [0, 0.05) is 0 Å². The molecule has 0 spiro atoms. The van der Waals surface area contributed by atoms with Crippen molar-refractivity contribution in [2.45, 2.75) is 52.9 Å². The van der Waals surface area contributed by atoms with Gasteiger partial charge in [0.15, 0.2) is 0 Å². The van der Waals surface area contributed by atoms with Crippen LogP contribution in [0.1, 0.15) is 52.9 Å². The highest BCUT2D eigenvalue weighted by atomic mass is 14.1. The maximum atomic E-state index is 4.10. The average molecular weight is 206 g/mol. The first kappa shape index (κ1) is 14.2. The molecule has 1 atom stereocenters. The molecule has 0 aromatic heterocycles. The molecule has 0 saturated heterocycles. The second-order valence-corrected chi connectivity index (χ2v) is 4.75. The van der Waals surface area contributed by atoms with E-state index in [1.165, 1.54) is 36.0 Å². The van der Waals surface area contributed by atoms with E-state index >= 15 is 0 Å². The highest BCUT2D eigenvalue weighted by molar-refractivity contribution is 5.08. The van der Waals surface area contributed by atoms with Crippen LogP contribution in [0.3, 0.4) is 0 Å². The summed E-state index contributed by atoms with van der Waals surface area (Å²) in [5, 5.41) is 0. The van der Waals surface area contributed by atoms with Crippen LogP contribution in [0.15, 0.2) is 36.5 Å². The van der Waals surface area contributed by atoms with Crippen LogP contribution in [0.25, 0.3) is 0 Å². The second kappa shape index (κ2) is 7.50. The van der Waals surface area contributed by atoms with Crippen molar-refractivity contribution in [2.75, 3.05) is 0 Å². The van der Waals surface area contributed by atoms with Crippen LogP contribution in [0, 0.1) is 5.92 Å². The Labute approximate surface area is 95.8 Å². The van der Waals surface area contributed by atoms with Crippen molar-refractivity contribution in [3.8, 4) is 0 Å². The highest BCUT2D eigenvalue weighted by Crippen LogP contribution is 2.24. The van der Waals surface area contributed by atoms with Gasteiger partial charge in [0.25, 0.3) is 0 Å². The van der Waals surface area contributed by atoms with Crippen LogP contribution >= 0.6 is 0 Å². The zero-order valence-electron chi connectivity index (χ0n) is 10.7. The van der Waals surface area contributed by atoms with E-state index in [0.717, 1.165) is 12.8 Å².